The van der Waals surface area contributed by atoms with Crippen molar-refractivity contribution < 1.29 is 9.21 Å². The Labute approximate surface area is 161 Å². The highest BCUT2D eigenvalue weighted by Crippen LogP contribution is 2.35. The summed E-state index contributed by atoms with van der Waals surface area (Å²) >= 11 is 1.32. The first-order valence-corrected chi connectivity index (χ1v) is 9.60. The number of aromatic nitrogens is 2. The molecular weight excluding hydrogens is 356 g/mol. The molecule has 4 aromatic rings. The number of rotatable bonds is 6. The van der Waals surface area contributed by atoms with Gasteiger partial charge in [-0.1, -0.05) is 72.4 Å². The summed E-state index contributed by atoms with van der Waals surface area (Å²) in [6.07, 6.45) is 1.87. The number of hydrogen-bond acceptors (Lipinski definition) is 4. The second kappa shape index (κ2) is 7.68. The van der Waals surface area contributed by atoms with Crippen molar-refractivity contribution in [2.45, 2.75) is 5.22 Å². The number of benzene rings is 2. The van der Waals surface area contributed by atoms with Crippen LogP contribution < -0.4 is 0 Å². The maximum Gasteiger partial charge on any atom is 0.257 e. The van der Waals surface area contributed by atoms with Crippen molar-refractivity contribution in [2.75, 3.05) is 5.75 Å². The average molecular weight is 374 g/mol. The number of hydrogen-bond donors (Lipinski definition) is 0. The average Bonchev–Trinajstić information content (AvgIpc) is 3.34. The fraction of sp³-hybridized carbons (Fsp3) is 0.0909. The highest BCUT2D eigenvalue weighted by Gasteiger charge is 2.18. The van der Waals surface area contributed by atoms with Gasteiger partial charge >= 0.3 is 0 Å². The number of oxazole rings is 1. The van der Waals surface area contributed by atoms with Crippen molar-refractivity contribution in [3.63, 3.8) is 0 Å². The van der Waals surface area contributed by atoms with Crippen molar-refractivity contribution in [2.24, 2.45) is 7.05 Å². The van der Waals surface area contributed by atoms with E-state index in [9.17, 15) is 4.79 Å². The number of carbonyl (C=O) groups is 1. The lowest BCUT2D eigenvalue weighted by Crippen LogP contribution is -2.07. The Morgan fingerprint density at radius 3 is 2.26 bits per heavy atom. The van der Waals surface area contributed by atoms with E-state index in [0.717, 1.165) is 22.6 Å². The molecule has 0 atom stereocenters. The van der Waals surface area contributed by atoms with Gasteiger partial charge in [-0.2, -0.15) is 0 Å². The van der Waals surface area contributed by atoms with Crippen molar-refractivity contribution >= 4 is 17.5 Å². The lowest BCUT2D eigenvalue weighted by atomic mass is 10.1. The summed E-state index contributed by atoms with van der Waals surface area (Å²) < 4.78 is 7.87. The molecule has 0 fully saturated rings. The first-order valence-electron chi connectivity index (χ1n) is 8.61. The zero-order valence-electron chi connectivity index (χ0n) is 14.8. The van der Waals surface area contributed by atoms with Gasteiger partial charge < -0.3 is 8.98 Å². The Hall–Kier alpha value is -3.05. The molecule has 0 spiro atoms. The second-order valence-electron chi connectivity index (χ2n) is 6.11. The molecule has 4 nitrogen and oxygen atoms in total. The van der Waals surface area contributed by atoms with Crippen LogP contribution in [0.4, 0.5) is 0 Å². The SMILES string of the molecule is Cn1cccc1C(=O)CSc1nc(-c2ccccc2)c(-c2ccccc2)o1. The summed E-state index contributed by atoms with van der Waals surface area (Å²) in [5.41, 5.74) is 3.42. The molecule has 0 unspecified atom stereocenters. The van der Waals surface area contributed by atoms with Gasteiger partial charge in [0.15, 0.2) is 11.5 Å². The number of ketones is 1. The van der Waals surface area contributed by atoms with E-state index in [2.05, 4.69) is 4.98 Å². The molecule has 0 N–H and O–H groups in total. The molecule has 0 aliphatic rings. The molecule has 0 aliphatic carbocycles. The minimum absolute atomic E-state index is 0.0493. The molecule has 2 heterocycles. The van der Waals surface area contributed by atoms with E-state index in [1.54, 1.807) is 0 Å². The van der Waals surface area contributed by atoms with Gasteiger partial charge in [0.1, 0.15) is 5.69 Å². The summed E-state index contributed by atoms with van der Waals surface area (Å²) in [4.78, 5) is 17.1. The summed E-state index contributed by atoms with van der Waals surface area (Å²) in [6.45, 7) is 0. The van der Waals surface area contributed by atoms with Crippen molar-refractivity contribution in [1.82, 2.24) is 9.55 Å². The Morgan fingerprint density at radius 1 is 0.963 bits per heavy atom. The minimum atomic E-state index is 0.0493. The number of carbonyl (C=O) groups excluding carboxylic acids is 1. The molecule has 5 heteroatoms. The van der Waals surface area contributed by atoms with E-state index in [-0.39, 0.29) is 11.5 Å². The van der Waals surface area contributed by atoms with Gasteiger partial charge in [-0.05, 0) is 12.1 Å². The van der Waals surface area contributed by atoms with Crippen LogP contribution in [0.3, 0.4) is 0 Å². The van der Waals surface area contributed by atoms with E-state index in [1.165, 1.54) is 11.8 Å². The molecule has 2 aromatic heterocycles. The number of nitrogens with zero attached hydrogens (tertiary/aromatic N) is 2. The number of Topliss-reactive ketones (excluding diaryl/α,β-unsaturated/α-hetero) is 1. The molecule has 0 radical (unpaired) electrons. The van der Waals surface area contributed by atoms with Crippen LogP contribution in [0, 0.1) is 0 Å². The Morgan fingerprint density at radius 2 is 1.63 bits per heavy atom. The van der Waals surface area contributed by atoms with Crippen LogP contribution in [0.1, 0.15) is 10.5 Å². The van der Waals surface area contributed by atoms with Gasteiger partial charge in [0.25, 0.3) is 5.22 Å². The van der Waals surface area contributed by atoms with Gasteiger partial charge in [0.05, 0.1) is 11.4 Å². The van der Waals surface area contributed by atoms with Crippen LogP contribution in [-0.2, 0) is 7.05 Å². The van der Waals surface area contributed by atoms with Crippen molar-refractivity contribution in [3.8, 4) is 22.6 Å². The van der Waals surface area contributed by atoms with Crippen LogP contribution in [-0.4, -0.2) is 21.1 Å². The maximum absolute atomic E-state index is 12.4. The van der Waals surface area contributed by atoms with E-state index < -0.39 is 0 Å². The van der Waals surface area contributed by atoms with Gasteiger partial charge in [-0.3, -0.25) is 4.79 Å². The van der Waals surface area contributed by atoms with Crippen LogP contribution in [0.5, 0.6) is 0 Å². The summed E-state index contributed by atoms with van der Waals surface area (Å²) in [7, 11) is 1.87. The summed E-state index contributed by atoms with van der Waals surface area (Å²) in [6, 6.07) is 23.5. The minimum Gasteiger partial charge on any atom is -0.431 e. The van der Waals surface area contributed by atoms with Gasteiger partial charge in [0, 0.05) is 24.4 Å². The van der Waals surface area contributed by atoms with Crippen LogP contribution in [0.2, 0.25) is 0 Å². The molecule has 4 rings (SSSR count). The zero-order valence-corrected chi connectivity index (χ0v) is 15.6. The highest BCUT2D eigenvalue weighted by molar-refractivity contribution is 7.99. The fourth-order valence-electron chi connectivity index (χ4n) is 2.89. The van der Waals surface area contributed by atoms with Gasteiger partial charge in [-0.15, -0.1) is 0 Å². The summed E-state index contributed by atoms with van der Waals surface area (Å²) in [5, 5.41) is 0.496. The molecule has 0 saturated heterocycles. The first-order chi connectivity index (χ1) is 13.2. The second-order valence-corrected chi connectivity index (χ2v) is 7.03. The first kappa shape index (κ1) is 17.4. The molecule has 0 saturated carbocycles. The summed E-state index contributed by atoms with van der Waals surface area (Å²) in [5.74, 6) is 1.05. The predicted molar refractivity (Wildman–Crippen MR) is 108 cm³/mol. The monoisotopic (exact) mass is 374 g/mol. The molecule has 134 valence electrons. The van der Waals surface area contributed by atoms with Gasteiger partial charge in [0.2, 0.25) is 0 Å². The molecular formula is C22H18N2O2S. The molecule has 27 heavy (non-hydrogen) atoms. The van der Waals surface area contributed by atoms with E-state index in [4.69, 9.17) is 4.42 Å². The largest absolute Gasteiger partial charge is 0.431 e. The standard InChI is InChI=1S/C22H18N2O2S/c1-24-14-8-13-18(24)19(25)15-27-22-23-20(16-9-4-2-5-10-16)21(26-22)17-11-6-3-7-12-17/h2-14H,15H2,1H3. The topological polar surface area (TPSA) is 48.0 Å². The number of aryl methyl sites for hydroxylation is 1. The molecule has 0 amide bonds. The van der Waals surface area contributed by atoms with Crippen molar-refractivity contribution in [3.05, 3.63) is 84.7 Å². The third-order valence-corrected chi connectivity index (χ3v) is 5.08. The lowest BCUT2D eigenvalue weighted by Gasteiger charge is -2.01. The van der Waals surface area contributed by atoms with E-state index in [0.29, 0.717) is 10.9 Å². The normalized spacial score (nSPS) is 10.9. The van der Waals surface area contributed by atoms with Gasteiger partial charge in [-0.25, -0.2) is 4.98 Å². The van der Waals surface area contributed by atoms with Crippen LogP contribution in [0.15, 0.2) is 88.6 Å². The smallest absolute Gasteiger partial charge is 0.257 e. The Balaban J connectivity index is 1.63. The molecule has 0 aliphatic heterocycles. The third-order valence-electron chi connectivity index (χ3n) is 4.25. The maximum atomic E-state index is 12.4. The Bertz CT molecular complexity index is 995. The van der Waals surface area contributed by atoms with Crippen molar-refractivity contribution in [1.29, 1.82) is 0 Å². The molecule has 2 aromatic carbocycles. The third kappa shape index (κ3) is 3.73. The van der Waals surface area contributed by atoms with Crippen LogP contribution >= 0.6 is 11.8 Å². The predicted octanol–water partition coefficient (Wildman–Crippen LogP) is 5.32. The van der Waals surface area contributed by atoms with E-state index >= 15 is 0 Å². The Kier molecular flexibility index (Phi) is 4.94. The number of thioether (sulfide) groups is 1. The zero-order chi connectivity index (χ0) is 18.6. The molecule has 0 bridgehead atoms. The fourth-order valence-corrected chi connectivity index (χ4v) is 3.59. The quantitative estimate of drug-likeness (QED) is 0.338. The lowest BCUT2D eigenvalue weighted by molar-refractivity contribution is 0.101. The highest BCUT2D eigenvalue weighted by atomic mass is 32.2. The van der Waals surface area contributed by atoms with Crippen LogP contribution in [0.25, 0.3) is 22.6 Å². The van der Waals surface area contributed by atoms with E-state index in [1.807, 2.05) is 90.6 Å².